The molecule has 3 atom stereocenters. The van der Waals surface area contributed by atoms with Crippen LogP contribution >= 0.6 is 0 Å². The first-order valence-corrected chi connectivity index (χ1v) is 6.48. The summed E-state index contributed by atoms with van der Waals surface area (Å²) in [6.07, 6.45) is 0.107. The summed E-state index contributed by atoms with van der Waals surface area (Å²) in [6, 6.07) is -0.379. The number of ether oxygens (including phenoxy) is 2. The molecule has 0 bridgehead atoms. The number of esters is 1. The molecule has 110 valence electrons. The molecule has 0 aromatic rings. The van der Waals surface area contributed by atoms with Crippen molar-refractivity contribution in [1.82, 2.24) is 5.32 Å². The van der Waals surface area contributed by atoms with Crippen LogP contribution in [0.25, 0.3) is 0 Å². The summed E-state index contributed by atoms with van der Waals surface area (Å²) >= 11 is 0. The van der Waals surface area contributed by atoms with Gasteiger partial charge in [-0.05, 0) is 40.0 Å². The van der Waals surface area contributed by atoms with Crippen LogP contribution in [-0.4, -0.2) is 42.0 Å². The summed E-state index contributed by atoms with van der Waals surface area (Å²) < 4.78 is 9.79. The van der Waals surface area contributed by atoms with Crippen molar-refractivity contribution in [2.24, 2.45) is 5.92 Å². The maximum Gasteiger partial charge on any atom is 0.407 e. The lowest BCUT2D eigenvalue weighted by Crippen LogP contribution is -2.49. The van der Waals surface area contributed by atoms with E-state index in [2.05, 4.69) is 10.1 Å². The van der Waals surface area contributed by atoms with Crippen LogP contribution < -0.4 is 5.32 Å². The predicted molar refractivity (Wildman–Crippen MR) is 68.5 cm³/mol. The number of carbonyl (C=O) groups excluding carboxylic acids is 2. The van der Waals surface area contributed by atoms with Crippen LogP contribution in [-0.2, 0) is 14.3 Å². The number of aliphatic hydroxyl groups excluding tert-OH is 1. The Morgan fingerprint density at radius 2 is 1.89 bits per heavy atom. The Bertz CT molecular complexity index is 336. The molecule has 2 N–H and O–H groups in total. The van der Waals surface area contributed by atoms with Gasteiger partial charge >= 0.3 is 12.1 Å². The molecule has 0 radical (unpaired) electrons. The molecular formula is C13H23NO5. The van der Waals surface area contributed by atoms with Gasteiger partial charge in [0, 0.05) is 0 Å². The lowest BCUT2D eigenvalue weighted by molar-refractivity contribution is -0.148. The van der Waals surface area contributed by atoms with Gasteiger partial charge in [-0.25, -0.2) is 4.79 Å². The Morgan fingerprint density at radius 3 is 2.37 bits per heavy atom. The molecule has 1 rings (SSSR count). The van der Waals surface area contributed by atoms with Gasteiger partial charge in [-0.2, -0.15) is 0 Å². The fraction of sp³-hybridized carbons (Fsp3) is 0.846. The van der Waals surface area contributed by atoms with E-state index in [0.717, 1.165) is 0 Å². The standard InChI is InChI=1S/C13H23NO5/c1-13(2,3)19-12(17)14-9-6-5-8(7-10(9)15)11(16)18-4/h8-10,15H,5-7H2,1-4H3,(H,14,17)/t8-,9+,10-/m1/s1. The van der Waals surface area contributed by atoms with Gasteiger partial charge in [0.2, 0.25) is 0 Å². The minimum absolute atomic E-state index is 0.295. The van der Waals surface area contributed by atoms with Gasteiger partial charge in [0.15, 0.2) is 0 Å². The predicted octanol–water partition coefficient (Wildman–Crippen LogP) is 1.21. The Morgan fingerprint density at radius 1 is 1.26 bits per heavy atom. The van der Waals surface area contributed by atoms with Gasteiger partial charge in [0.1, 0.15) is 5.60 Å². The highest BCUT2D eigenvalue weighted by Crippen LogP contribution is 2.26. The highest BCUT2D eigenvalue weighted by molar-refractivity contribution is 5.72. The fourth-order valence-corrected chi connectivity index (χ4v) is 2.15. The molecule has 19 heavy (non-hydrogen) atoms. The topological polar surface area (TPSA) is 84.9 Å². The van der Waals surface area contributed by atoms with Crippen LogP contribution in [0.3, 0.4) is 0 Å². The average molecular weight is 273 g/mol. The van der Waals surface area contributed by atoms with Crippen molar-refractivity contribution in [2.75, 3.05) is 7.11 Å². The Labute approximate surface area is 113 Å². The van der Waals surface area contributed by atoms with E-state index in [4.69, 9.17) is 4.74 Å². The normalized spacial score (nSPS) is 27.5. The second-order valence-electron chi connectivity index (χ2n) is 5.85. The fourth-order valence-electron chi connectivity index (χ4n) is 2.15. The van der Waals surface area contributed by atoms with Gasteiger partial charge in [0.25, 0.3) is 0 Å². The van der Waals surface area contributed by atoms with E-state index in [1.807, 2.05) is 0 Å². The quantitative estimate of drug-likeness (QED) is 0.739. The Kier molecular flexibility index (Phi) is 5.17. The van der Waals surface area contributed by atoms with Gasteiger partial charge in [0.05, 0.1) is 25.2 Å². The lowest BCUT2D eigenvalue weighted by atomic mass is 9.84. The molecule has 1 fully saturated rings. The summed E-state index contributed by atoms with van der Waals surface area (Å²) in [6.45, 7) is 5.32. The molecule has 0 heterocycles. The summed E-state index contributed by atoms with van der Waals surface area (Å²) in [7, 11) is 1.33. The number of methoxy groups -OCH3 is 1. The number of alkyl carbamates (subject to hydrolysis) is 1. The number of amides is 1. The van der Waals surface area contributed by atoms with Gasteiger partial charge < -0.3 is 19.9 Å². The number of rotatable bonds is 2. The highest BCUT2D eigenvalue weighted by Gasteiger charge is 2.34. The summed E-state index contributed by atoms with van der Waals surface area (Å²) in [5, 5.41) is 12.6. The summed E-state index contributed by atoms with van der Waals surface area (Å²) in [5.74, 6) is -0.605. The number of hydrogen-bond donors (Lipinski definition) is 2. The second-order valence-corrected chi connectivity index (χ2v) is 5.85. The SMILES string of the molecule is COC(=O)[C@@H]1CC[C@H](NC(=O)OC(C)(C)C)[C@H](O)C1. The summed E-state index contributed by atoms with van der Waals surface area (Å²) in [5.41, 5.74) is -0.571. The smallest absolute Gasteiger partial charge is 0.407 e. The molecule has 0 aromatic carbocycles. The van der Waals surface area contributed by atoms with Crippen molar-refractivity contribution >= 4 is 12.1 Å². The number of hydrogen-bond acceptors (Lipinski definition) is 5. The van der Waals surface area contributed by atoms with Crippen molar-refractivity contribution in [3.8, 4) is 0 Å². The number of nitrogens with one attached hydrogen (secondary N) is 1. The first-order chi connectivity index (χ1) is 8.73. The van der Waals surface area contributed by atoms with Crippen molar-refractivity contribution in [3.63, 3.8) is 0 Å². The molecule has 1 aliphatic rings. The zero-order chi connectivity index (χ0) is 14.6. The zero-order valence-electron chi connectivity index (χ0n) is 11.9. The summed E-state index contributed by atoms with van der Waals surface area (Å²) in [4.78, 5) is 23.0. The van der Waals surface area contributed by atoms with E-state index in [0.29, 0.717) is 19.3 Å². The molecule has 0 spiro atoms. The van der Waals surface area contributed by atoms with E-state index >= 15 is 0 Å². The van der Waals surface area contributed by atoms with Crippen molar-refractivity contribution in [2.45, 2.75) is 57.8 Å². The molecule has 6 heteroatoms. The maximum absolute atomic E-state index is 11.6. The van der Waals surface area contributed by atoms with E-state index in [1.54, 1.807) is 20.8 Å². The third-order valence-electron chi connectivity index (χ3n) is 3.05. The van der Waals surface area contributed by atoms with Crippen molar-refractivity contribution < 1.29 is 24.2 Å². The van der Waals surface area contributed by atoms with Gasteiger partial charge in [-0.15, -0.1) is 0 Å². The average Bonchev–Trinajstić information content (AvgIpc) is 2.28. The molecule has 0 aromatic heterocycles. The van der Waals surface area contributed by atoms with Gasteiger partial charge in [-0.1, -0.05) is 0 Å². The number of carbonyl (C=O) groups is 2. The second kappa shape index (κ2) is 6.23. The maximum atomic E-state index is 11.6. The molecule has 1 amide bonds. The van der Waals surface area contributed by atoms with E-state index < -0.39 is 17.8 Å². The van der Waals surface area contributed by atoms with Crippen LogP contribution in [0.4, 0.5) is 4.79 Å². The first kappa shape index (κ1) is 15.8. The Balaban J connectivity index is 2.46. The van der Waals surface area contributed by atoms with Crippen molar-refractivity contribution in [1.29, 1.82) is 0 Å². The van der Waals surface area contributed by atoms with Crippen LogP contribution in [0, 0.1) is 5.92 Å². The number of aliphatic hydroxyl groups is 1. The molecule has 0 aliphatic heterocycles. The van der Waals surface area contributed by atoms with E-state index in [9.17, 15) is 14.7 Å². The van der Waals surface area contributed by atoms with E-state index in [1.165, 1.54) is 7.11 Å². The molecule has 0 saturated heterocycles. The largest absolute Gasteiger partial charge is 0.469 e. The van der Waals surface area contributed by atoms with Crippen LogP contribution in [0.1, 0.15) is 40.0 Å². The minimum atomic E-state index is -0.759. The van der Waals surface area contributed by atoms with E-state index in [-0.39, 0.29) is 17.9 Å². The third kappa shape index (κ3) is 5.06. The van der Waals surface area contributed by atoms with Crippen LogP contribution in [0.2, 0.25) is 0 Å². The van der Waals surface area contributed by atoms with Crippen molar-refractivity contribution in [3.05, 3.63) is 0 Å². The highest BCUT2D eigenvalue weighted by atomic mass is 16.6. The third-order valence-corrected chi connectivity index (χ3v) is 3.05. The molecule has 1 saturated carbocycles. The lowest BCUT2D eigenvalue weighted by Gasteiger charge is -2.32. The molecule has 0 unspecified atom stereocenters. The molecule has 1 aliphatic carbocycles. The monoisotopic (exact) mass is 273 g/mol. The van der Waals surface area contributed by atoms with Crippen LogP contribution in [0.5, 0.6) is 0 Å². The molecule has 6 nitrogen and oxygen atoms in total. The van der Waals surface area contributed by atoms with Gasteiger partial charge in [-0.3, -0.25) is 4.79 Å². The molecular weight excluding hydrogens is 250 g/mol. The minimum Gasteiger partial charge on any atom is -0.469 e. The Hall–Kier alpha value is -1.30. The van der Waals surface area contributed by atoms with Crippen LogP contribution in [0.15, 0.2) is 0 Å². The zero-order valence-corrected chi connectivity index (χ0v) is 11.9. The first-order valence-electron chi connectivity index (χ1n) is 6.48.